The van der Waals surface area contributed by atoms with Crippen LogP contribution in [-0.4, -0.2) is 19.1 Å². The van der Waals surface area contributed by atoms with Crippen LogP contribution in [0.15, 0.2) is 23.0 Å². The Hall–Kier alpha value is -1.39. The van der Waals surface area contributed by atoms with Gasteiger partial charge >= 0.3 is 0 Å². The molecule has 0 bridgehead atoms. The van der Waals surface area contributed by atoms with Crippen molar-refractivity contribution in [3.63, 3.8) is 0 Å². The predicted octanol–water partition coefficient (Wildman–Crippen LogP) is 3.27. The van der Waals surface area contributed by atoms with E-state index < -0.39 is 0 Å². The highest BCUT2D eigenvalue weighted by molar-refractivity contribution is 7.07. The lowest BCUT2D eigenvalue weighted by atomic mass is 10.0. The highest BCUT2D eigenvalue weighted by Gasteiger charge is 2.15. The molecule has 2 rings (SSSR count). The van der Waals surface area contributed by atoms with Crippen molar-refractivity contribution in [2.24, 2.45) is 0 Å². The maximum Gasteiger partial charge on any atom is 0.128 e. The Balaban J connectivity index is 2.28. The fourth-order valence-corrected chi connectivity index (χ4v) is 3.04. The Bertz CT molecular complexity index is 537. The molecule has 3 nitrogen and oxygen atoms in total. The summed E-state index contributed by atoms with van der Waals surface area (Å²) in [5, 5.41) is 7.65. The summed E-state index contributed by atoms with van der Waals surface area (Å²) >= 11 is 1.72. The summed E-state index contributed by atoms with van der Waals surface area (Å²) in [7, 11) is 3.70. The summed E-state index contributed by atoms with van der Waals surface area (Å²) < 4.78 is 5.46. The molecule has 2 aromatic rings. The van der Waals surface area contributed by atoms with Crippen LogP contribution in [0.1, 0.15) is 28.4 Å². The second kappa shape index (κ2) is 6.17. The van der Waals surface area contributed by atoms with Crippen molar-refractivity contribution in [1.29, 1.82) is 0 Å². The van der Waals surface area contributed by atoms with Crippen LogP contribution in [0.2, 0.25) is 0 Å². The largest absolute Gasteiger partial charge is 0.496 e. The zero-order valence-electron chi connectivity index (χ0n) is 11.9. The van der Waals surface area contributed by atoms with Gasteiger partial charge in [0.05, 0.1) is 7.11 Å². The Labute approximate surface area is 118 Å². The van der Waals surface area contributed by atoms with E-state index in [1.54, 1.807) is 18.4 Å². The first-order valence-corrected chi connectivity index (χ1v) is 7.30. The number of pyridine rings is 1. The third kappa shape index (κ3) is 2.96. The first-order valence-electron chi connectivity index (χ1n) is 6.35. The minimum Gasteiger partial charge on any atom is -0.496 e. The molecule has 0 aliphatic rings. The average molecular weight is 276 g/mol. The lowest BCUT2D eigenvalue weighted by molar-refractivity contribution is 0.406. The number of nitrogens with zero attached hydrogens (tertiary/aromatic N) is 1. The van der Waals surface area contributed by atoms with Crippen LogP contribution in [0, 0.1) is 13.8 Å². The first-order chi connectivity index (χ1) is 9.17. The maximum absolute atomic E-state index is 5.46. The molecule has 4 heteroatoms. The molecule has 0 amide bonds. The van der Waals surface area contributed by atoms with Crippen molar-refractivity contribution in [3.05, 3.63) is 45.4 Å². The molecule has 0 aliphatic heterocycles. The van der Waals surface area contributed by atoms with Gasteiger partial charge in [0.1, 0.15) is 5.75 Å². The van der Waals surface area contributed by atoms with E-state index in [4.69, 9.17) is 4.74 Å². The smallest absolute Gasteiger partial charge is 0.128 e. The topological polar surface area (TPSA) is 34.2 Å². The van der Waals surface area contributed by atoms with Gasteiger partial charge in [0.15, 0.2) is 0 Å². The van der Waals surface area contributed by atoms with Crippen LogP contribution in [0.4, 0.5) is 0 Å². The SMILES string of the molecule is CNC(Cc1ncc(C)c(OC)c1C)c1ccsc1. The van der Waals surface area contributed by atoms with Crippen molar-refractivity contribution in [1.82, 2.24) is 10.3 Å². The molecular formula is C15H20N2OS. The summed E-state index contributed by atoms with van der Waals surface area (Å²) in [6, 6.07) is 2.46. The van der Waals surface area contributed by atoms with E-state index in [2.05, 4.69) is 34.1 Å². The summed E-state index contributed by atoms with van der Waals surface area (Å²) in [6.07, 6.45) is 2.76. The van der Waals surface area contributed by atoms with E-state index >= 15 is 0 Å². The molecule has 1 unspecified atom stereocenters. The lowest BCUT2D eigenvalue weighted by Gasteiger charge is -2.18. The molecule has 0 aromatic carbocycles. The molecule has 0 spiro atoms. The molecule has 0 saturated carbocycles. The number of hydrogen-bond acceptors (Lipinski definition) is 4. The van der Waals surface area contributed by atoms with E-state index in [9.17, 15) is 0 Å². The fraction of sp³-hybridized carbons (Fsp3) is 0.400. The Morgan fingerprint density at radius 3 is 2.79 bits per heavy atom. The molecule has 1 N–H and O–H groups in total. The summed E-state index contributed by atoms with van der Waals surface area (Å²) in [4.78, 5) is 4.57. The minimum absolute atomic E-state index is 0.296. The minimum atomic E-state index is 0.296. The molecule has 2 heterocycles. The normalized spacial score (nSPS) is 12.4. The maximum atomic E-state index is 5.46. The van der Waals surface area contributed by atoms with Crippen LogP contribution in [0.25, 0.3) is 0 Å². The number of nitrogens with one attached hydrogen (secondary N) is 1. The first kappa shape index (κ1) is 14.0. The van der Waals surface area contributed by atoms with Gasteiger partial charge in [0.25, 0.3) is 0 Å². The predicted molar refractivity (Wildman–Crippen MR) is 80.1 cm³/mol. The van der Waals surface area contributed by atoms with E-state index in [0.29, 0.717) is 6.04 Å². The van der Waals surface area contributed by atoms with Crippen LogP contribution in [-0.2, 0) is 6.42 Å². The highest BCUT2D eigenvalue weighted by atomic mass is 32.1. The Morgan fingerprint density at radius 1 is 1.42 bits per heavy atom. The molecule has 19 heavy (non-hydrogen) atoms. The van der Waals surface area contributed by atoms with Gasteiger partial charge in [-0.15, -0.1) is 0 Å². The number of likely N-dealkylation sites (N-methyl/N-ethyl adjacent to an activating group) is 1. The Kier molecular flexibility index (Phi) is 4.56. The van der Waals surface area contributed by atoms with E-state index in [-0.39, 0.29) is 0 Å². The quantitative estimate of drug-likeness (QED) is 0.910. The zero-order valence-corrected chi connectivity index (χ0v) is 12.7. The standard InChI is InChI=1S/C15H20N2OS/c1-10-8-17-13(11(2)15(10)18-4)7-14(16-3)12-5-6-19-9-12/h5-6,8-9,14,16H,7H2,1-4H3. The summed E-state index contributed by atoms with van der Waals surface area (Å²) in [5.74, 6) is 0.949. The van der Waals surface area contributed by atoms with Crippen molar-refractivity contribution >= 4 is 11.3 Å². The van der Waals surface area contributed by atoms with Gasteiger partial charge in [-0.05, 0) is 43.3 Å². The van der Waals surface area contributed by atoms with Crippen molar-refractivity contribution in [3.8, 4) is 5.75 Å². The molecule has 0 fully saturated rings. The molecule has 2 aromatic heterocycles. The number of aromatic nitrogens is 1. The molecule has 0 aliphatic carbocycles. The van der Waals surface area contributed by atoms with E-state index in [1.807, 2.05) is 20.2 Å². The van der Waals surface area contributed by atoms with Crippen molar-refractivity contribution in [2.75, 3.05) is 14.2 Å². The summed E-state index contributed by atoms with van der Waals surface area (Å²) in [5.41, 5.74) is 4.62. The third-order valence-corrected chi connectivity index (χ3v) is 4.14. The van der Waals surface area contributed by atoms with E-state index in [0.717, 1.165) is 29.0 Å². The number of hydrogen-bond donors (Lipinski definition) is 1. The second-order valence-corrected chi connectivity index (χ2v) is 5.43. The molecule has 0 radical (unpaired) electrons. The monoisotopic (exact) mass is 276 g/mol. The van der Waals surface area contributed by atoms with Crippen molar-refractivity contribution in [2.45, 2.75) is 26.3 Å². The Morgan fingerprint density at radius 2 is 2.21 bits per heavy atom. The fourth-order valence-electron chi connectivity index (χ4n) is 2.33. The molecular weight excluding hydrogens is 256 g/mol. The van der Waals surface area contributed by atoms with Gasteiger partial charge in [0, 0.05) is 35.5 Å². The van der Waals surface area contributed by atoms with Crippen LogP contribution in [0.3, 0.4) is 0 Å². The van der Waals surface area contributed by atoms with Gasteiger partial charge in [-0.1, -0.05) is 0 Å². The second-order valence-electron chi connectivity index (χ2n) is 4.65. The van der Waals surface area contributed by atoms with E-state index in [1.165, 1.54) is 5.56 Å². The number of aryl methyl sites for hydroxylation is 1. The number of ether oxygens (including phenoxy) is 1. The van der Waals surface area contributed by atoms with Crippen LogP contribution in [0.5, 0.6) is 5.75 Å². The van der Waals surface area contributed by atoms with Gasteiger partial charge in [-0.25, -0.2) is 0 Å². The van der Waals surface area contributed by atoms with Gasteiger partial charge < -0.3 is 10.1 Å². The number of thiophene rings is 1. The highest BCUT2D eigenvalue weighted by Crippen LogP contribution is 2.27. The average Bonchev–Trinajstić information content (AvgIpc) is 2.92. The van der Waals surface area contributed by atoms with Crippen LogP contribution >= 0.6 is 11.3 Å². The molecule has 1 atom stereocenters. The molecule has 0 saturated heterocycles. The third-order valence-electron chi connectivity index (χ3n) is 3.44. The number of rotatable bonds is 5. The van der Waals surface area contributed by atoms with Crippen LogP contribution < -0.4 is 10.1 Å². The zero-order chi connectivity index (χ0) is 13.8. The lowest BCUT2D eigenvalue weighted by Crippen LogP contribution is -2.19. The molecule has 102 valence electrons. The van der Waals surface area contributed by atoms with Gasteiger partial charge in [0.2, 0.25) is 0 Å². The van der Waals surface area contributed by atoms with Gasteiger partial charge in [-0.2, -0.15) is 11.3 Å². The number of methoxy groups -OCH3 is 1. The summed E-state index contributed by atoms with van der Waals surface area (Å²) in [6.45, 7) is 4.10. The van der Waals surface area contributed by atoms with Crippen molar-refractivity contribution < 1.29 is 4.74 Å². The van der Waals surface area contributed by atoms with Gasteiger partial charge in [-0.3, -0.25) is 4.98 Å².